The van der Waals surface area contributed by atoms with Crippen LogP contribution in [-0.2, 0) is 16.4 Å². The molecule has 1 aromatic heterocycles. The van der Waals surface area contributed by atoms with Gasteiger partial charge in [-0.1, -0.05) is 6.92 Å². The van der Waals surface area contributed by atoms with Crippen LogP contribution >= 0.6 is 0 Å². The van der Waals surface area contributed by atoms with Crippen LogP contribution in [0.25, 0.3) is 0 Å². The number of sulfone groups is 1. The Morgan fingerprint density at radius 3 is 2.95 bits per heavy atom. The molecule has 2 rings (SSSR count). The van der Waals surface area contributed by atoms with Gasteiger partial charge in [0.1, 0.15) is 5.69 Å². The van der Waals surface area contributed by atoms with Crippen LogP contribution in [0.5, 0.6) is 5.75 Å². The van der Waals surface area contributed by atoms with Crippen molar-refractivity contribution in [2.45, 2.75) is 32.4 Å². The van der Waals surface area contributed by atoms with E-state index in [0.717, 1.165) is 6.42 Å². The number of carbonyl (C=O) groups excluding carboxylic acids is 1. The van der Waals surface area contributed by atoms with Gasteiger partial charge in [-0.15, -0.1) is 0 Å². The number of hydrogen-bond donors (Lipinski definition) is 1. The van der Waals surface area contributed by atoms with Crippen molar-refractivity contribution in [2.75, 3.05) is 25.2 Å². The van der Waals surface area contributed by atoms with Gasteiger partial charge in [-0.2, -0.15) is 5.10 Å². The second-order valence-electron chi connectivity index (χ2n) is 5.18. The highest BCUT2D eigenvalue weighted by Crippen LogP contribution is 2.21. The lowest BCUT2D eigenvalue weighted by molar-refractivity contribution is 0.0958. The first kappa shape index (κ1) is 16.0. The molecule has 0 aliphatic carbocycles. The molecule has 1 aliphatic heterocycles. The lowest BCUT2D eigenvalue weighted by Gasteiger charge is -2.23. The zero-order valence-electron chi connectivity index (χ0n) is 12.3. The van der Waals surface area contributed by atoms with Gasteiger partial charge in [0.15, 0.2) is 21.4 Å². The molecule has 118 valence electrons. The molecule has 21 heavy (non-hydrogen) atoms. The Bertz CT molecular complexity index is 609. The Hall–Kier alpha value is -1.41. The molecule has 0 bridgehead atoms. The van der Waals surface area contributed by atoms with Crippen molar-refractivity contribution in [3.05, 3.63) is 11.9 Å². The van der Waals surface area contributed by atoms with Gasteiger partial charge in [0.05, 0.1) is 24.8 Å². The molecule has 2 heterocycles. The normalized spacial score (nSPS) is 21.1. The molecule has 0 amide bonds. The smallest absolute Gasteiger partial charge is 0.186 e. The lowest BCUT2D eigenvalue weighted by atomic mass is 10.1. The van der Waals surface area contributed by atoms with Crippen LogP contribution in [0, 0.1) is 0 Å². The van der Waals surface area contributed by atoms with Gasteiger partial charge in [-0.3, -0.25) is 9.48 Å². The number of hydrogen-bond acceptors (Lipinski definition) is 6. The molecule has 0 spiro atoms. The van der Waals surface area contributed by atoms with Crippen molar-refractivity contribution in [3.8, 4) is 5.75 Å². The van der Waals surface area contributed by atoms with E-state index in [4.69, 9.17) is 4.74 Å². The Labute approximate surface area is 124 Å². The maximum atomic E-state index is 12.5. The minimum atomic E-state index is -3.05. The number of aryl methyl sites for hydroxylation is 1. The number of Topliss-reactive ketones (excluding diaryl/α,β-unsaturated/α-hetero) is 1. The summed E-state index contributed by atoms with van der Waals surface area (Å²) in [7, 11) is -1.56. The minimum absolute atomic E-state index is 0.00295. The van der Waals surface area contributed by atoms with Crippen LogP contribution in [0.15, 0.2) is 6.20 Å². The van der Waals surface area contributed by atoms with E-state index in [2.05, 4.69) is 10.4 Å². The third-order valence-electron chi connectivity index (χ3n) is 3.46. The van der Waals surface area contributed by atoms with Crippen molar-refractivity contribution in [3.63, 3.8) is 0 Å². The van der Waals surface area contributed by atoms with Crippen LogP contribution in [0.4, 0.5) is 0 Å². The first-order valence-corrected chi connectivity index (χ1v) is 8.85. The first-order chi connectivity index (χ1) is 9.96. The van der Waals surface area contributed by atoms with E-state index in [1.54, 1.807) is 4.68 Å². The predicted molar refractivity (Wildman–Crippen MR) is 78.5 cm³/mol. The second kappa shape index (κ2) is 6.57. The average molecular weight is 315 g/mol. The molecule has 0 aromatic carbocycles. The van der Waals surface area contributed by atoms with Gasteiger partial charge in [0.25, 0.3) is 0 Å². The number of ether oxygens (including phenoxy) is 1. The fourth-order valence-corrected chi connectivity index (χ4v) is 3.94. The van der Waals surface area contributed by atoms with Gasteiger partial charge in [0, 0.05) is 25.6 Å². The molecule has 1 N–H and O–H groups in total. The third-order valence-corrected chi connectivity index (χ3v) is 5.19. The van der Waals surface area contributed by atoms with Gasteiger partial charge in [-0.05, 0) is 6.42 Å². The lowest BCUT2D eigenvalue weighted by Crippen LogP contribution is -2.46. The van der Waals surface area contributed by atoms with Gasteiger partial charge in [-0.25, -0.2) is 8.42 Å². The summed E-state index contributed by atoms with van der Waals surface area (Å²) in [5.41, 5.74) is 0.420. The highest BCUT2D eigenvalue weighted by atomic mass is 32.2. The molecule has 8 heteroatoms. The summed E-state index contributed by atoms with van der Waals surface area (Å²) in [4.78, 5) is 12.5. The Kier molecular flexibility index (Phi) is 5.00. The van der Waals surface area contributed by atoms with Gasteiger partial charge >= 0.3 is 0 Å². The number of nitrogens with one attached hydrogen (secondary N) is 1. The largest absolute Gasteiger partial charge is 0.493 e. The molecule has 1 fully saturated rings. The van der Waals surface area contributed by atoms with Crippen molar-refractivity contribution >= 4 is 15.6 Å². The van der Waals surface area contributed by atoms with E-state index in [-0.39, 0.29) is 29.8 Å². The summed E-state index contributed by atoms with van der Waals surface area (Å²) in [6.07, 6.45) is 2.50. The molecule has 1 saturated heterocycles. The summed E-state index contributed by atoms with van der Waals surface area (Å²) < 4.78 is 30.1. The molecule has 1 aliphatic rings. The number of carbonyl (C=O) groups is 1. The van der Waals surface area contributed by atoms with Crippen LogP contribution in [-0.4, -0.2) is 55.2 Å². The molecule has 0 saturated carbocycles. The highest BCUT2D eigenvalue weighted by Gasteiger charge is 2.28. The molecule has 1 atom stereocenters. The van der Waals surface area contributed by atoms with Crippen molar-refractivity contribution in [1.82, 2.24) is 15.1 Å². The Morgan fingerprint density at radius 2 is 2.33 bits per heavy atom. The average Bonchev–Trinajstić information content (AvgIpc) is 2.81. The zero-order chi connectivity index (χ0) is 15.5. The second-order valence-corrected chi connectivity index (χ2v) is 7.41. The van der Waals surface area contributed by atoms with E-state index < -0.39 is 9.84 Å². The van der Waals surface area contributed by atoms with Crippen LogP contribution in [0.3, 0.4) is 0 Å². The van der Waals surface area contributed by atoms with Crippen LogP contribution in [0.1, 0.15) is 30.3 Å². The highest BCUT2D eigenvalue weighted by molar-refractivity contribution is 7.91. The summed E-state index contributed by atoms with van der Waals surface area (Å²) in [6, 6.07) is -0.342. The maximum Gasteiger partial charge on any atom is 0.186 e. The van der Waals surface area contributed by atoms with Crippen molar-refractivity contribution < 1.29 is 17.9 Å². The maximum absolute atomic E-state index is 12.5. The standard InChI is InChI=1S/C13H21N3O4S/c1-3-5-16-13(12(20-2)8-15-16)11(17)7-10-9-21(18,19)6-4-14-10/h8,10,14H,3-7,9H2,1-2H3. The fraction of sp³-hybridized carbons (Fsp3) is 0.692. The quantitative estimate of drug-likeness (QED) is 0.757. The predicted octanol–water partition coefficient (Wildman–Crippen LogP) is 0.261. The summed E-state index contributed by atoms with van der Waals surface area (Å²) in [5, 5.41) is 7.24. The number of methoxy groups -OCH3 is 1. The van der Waals surface area contributed by atoms with E-state index >= 15 is 0 Å². The minimum Gasteiger partial charge on any atom is -0.493 e. The topological polar surface area (TPSA) is 90.3 Å². The van der Waals surface area contributed by atoms with E-state index in [1.807, 2.05) is 6.92 Å². The molecular weight excluding hydrogens is 294 g/mol. The summed E-state index contributed by atoms with van der Waals surface area (Å²) in [5.74, 6) is 0.428. The Balaban J connectivity index is 2.14. The molecule has 1 aromatic rings. The number of aromatic nitrogens is 2. The molecule has 7 nitrogen and oxygen atoms in total. The van der Waals surface area contributed by atoms with Crippen LogP contribution < -0.4 is 10.1 Å². The number of ketones is 1. The van der Waals surface area contributed by atoms with Crippen LogP contribution in [0.2, 0.25) is 0 Å². The molecular formula is C13H21N3O4S. The summed E-state index contributed by atoms with van der Waals surface area (Å²) in [6.45, 7) is 3.02. The van der Waals surface area contributed by atoms with Crippen molar-refractivity contribution in [1.29, 1.82) is 0 Å². The monoisotopic (exact) mass is 315 g/mol. The Morgan fingerprint density at radius 1 is 1.57 bits per heavy atom. The van der Waals surface area contributed by atoms with Gasteiger partial charge in [0.2, 0.25) is 0 Å². The third kappa shape index (κ3) is 3.82. The van der Waals surface area contributed by atoms with E-state index in [1.165, 1.54) is 13.3 Å². The van der Waals surface area contributed by atoms with Gasteiger partial charge < -0.3 is 10.1 Å². The zero-order valence-corrected chi connectivity index (χ0v) is 13.1. The first-order valence-electron chi connectivity index (χ1n) is 7.03. The molecule has 1 unspecified atom stereocenters. The number of rotatable bonds is 6. The number of nitrogens with zero attached hydrogens (tertiary/aromatic N) is 2. The van der Waals surface area contributed by atoms with E-state index in [9.17, 15) is 13.2 Å². The SMILES string of the molecule is CCCn1ncc(OC)c1C(=O)CC1CS(=O)(=O)CCN1. The van der Waals surface area contributed by atoms with E-state index in [0.29, 0.717) is 24.5 Å². The summed E-state index contributed by atoms with van der Waals surface area (Å²) >= 11 is 0. The molecule has 0 radical (unpaired) electrons. The fourth-order valence-electron chi connectivity index (χ4n) is 2.50. The van der Waals surface area contributed by atoms with Crippen molar-refractivity contribution in [2.24, 2.45) is 0 Å².